The molecule has 0 saturated heterocycles. The fraction of sp³-hybridized carbons (Fsp3) is 0.125. The summed E-state index contributed by atoms with van der Waals surface area (Å²) in [6, 6.07) is 9.70. The molecule has 0 atom stereocenters. The molecule has 0 radical (unpaired) electrons. The van der Waals surface area contributed by atoms with Crippen molar-refractivity contribution in [2.75, 3.05) is 11.9 Å². The smallest absolute Gasteiger partial charge is 0.157 e. The van der Waals surface area contributed by atoms with Crippen LogP contribution in [0.25, 0.3) is 16.9 Å². The molecule has 0 aliphatic carbocycles. The molecule has 7 nitrogen and oxygen atoms in total. The largest absolute Gasteiger partial charge is 0.368 e. The lowest BCUT2D eigenvalue weighted by Gasteiger charge is -2.10. The van der Waals surface area contributed by atoms with Crippen molar-refractivity contribution in [1.82, 2.24) is 29.4 Å². The van der Waals surface area contributed by atoms with Gasteiger partial charge in [0.05, 0.1) is 18.4 Å². The summed E-state index contributed by atoms with van der Waals surface area (Å²) in [5, 5.41) is 11.9. The van der Waals surface area contributed by atoms with E-state index in [0.717, 1.165) is 35.8 Å². The van der Waals surface area contributed by atoms with E-state index in [0.29, 0.717) is 0 Å². The van der Waals surface area contributed by atoms with Gasteiger partial charge in [0, 0.05) is 49.0 Å². The van der Waals surface area contributed by atoms with Crippen molar-refractivity contribution in [2.45, 2.75) is 6.54 Å². The molecule has 0 unspecified atom stereocenters. The Morgan fingerprint density at radius 1 is 1.00 bits per heavy atom. The van der Waals surface area contributed by atoms with Crippen LogP contribution in [0.1, 0.15) is 0 Å². The first-order valence-corrected chi connectivity index (χ1v) is 7.37. The van der Waals surface area contributed by atoms with Crippen LogP contribution < -0.4 is 5.32 Å². The minimum Gasteiger partial charge on any atom is -0.368 e. The molecule has 0 bridgehead atoms. The van der Waals surface area contributed by atoms with Gasteiger partial charge in [-0.2, -0.15) is 14.7 Å². The molecular formula is C16H15N7. The first-order valence-electron chi connectivity index (χ1n) is 7.37. The zero-order valence-electron chi connectivity index (χ0n) is 12.4. The molecule has 4 heterocycles. The highest BCUT2D eigenvalue weighted by atomic mass is 15.3. The van der Waals surface area contributed by atoms with E-state index in [2.05, 4.69) is 25.5 Å². The van der Waals surface area contributed by atoms with Gasteiger partial charge in [0.25, 0.3) is 0 Å². The van der Waals surface area contributed by atoms with Crippen LogP contribution in [-0.4, -0.2) is 35.9 Å². The third-order valence-electron chi connectivity index (χ3n) is 3.54. The molecule has 0 aliphatic heterocycles. The van der Waals surface area contributed by atoms with E-state index in [4.69, 9.17) is 0 Å². The average Bonchev–Trinajstić information content (AvgIpc) is 3.26. The highest BCUT2D eigenvalue weighted by Crippen LogP contribution is 2.21. The molecule has 0 fully saturated rings. The zero-order valence-corrected chi connectivity index (χ0v) is 12.4. The van der Waals surface area contributed by atoms with Gasteiger partial charge in [-0.25, -0.2) is 4.98 Å². The Balaban J connectivity index is 1.63. The molecule has 4 rings (SSSR count). The van der Waals surface area contributed by atoms with Gasteiger partial charge in [0.1, 0.15) is 5.82 Å². The molecule has 4 aromatic rings. The molecule has 0 spiro atoms. The normalized spacial score (nSPS) is 11.0. The Hall–Kier alpha value is -3.22. The number of rotatable bonds is 5. The average molecular weight is 305 g/mol. The van der Waals surface area contributed by atoms with Crippen LogP contribution >= 0.6 is 0 Å². The van der Waals surface area contributed by atoms with E-state index in [1.165, 1.54) is 0 Å². The summed E-state index contributed by atoms with van der Waals surface area (Å²) in [5.74, 6) is 0.902. The number of hydrogen-bond acceptors (Lipinski definition) is 5. The molecule has 23 heavy (non-hydrogen) atoms. The molecule has 1 N–H and O–H groups in total. The number of anilines is 1. The number of fused-ring (bicyclic) bond motifs is 1. The van der Waals surface area contributed by atoms with Crippen molar-refractivity contribution in [1.29, 1.82) is 0 Å². The van der Waals surface area contributed by atoms with Gasteiger partial charge in [-0.3, -0.25) is 9.67 Å². The third kappa shape index (κ3) is 2.76. The van der Waals surface area contributed by atoms with Crippen molar-refractivity contribution >= 4 is 11.5 Å². The Morgan fingerprint density at radius 2 is 1.91 bits per heavy atom. The van der Waals surface area contributed by atoms with E-state index in [9.17, 15) is 0 Å². The minimum absolute atomic E-state index is 0.746. The molecule has 0 saturated carbocycles. The van der Waals surface area contributed by atoms with Gasteiger partial charge < -0.3 is 5.32 Å². The molecular weight excluding hydrogens is 290 g/mol. The maximum atomic E-state index is 4.64. The quantitative estimate of drug-likeness (QED) is 0.611. The minimum atomic E-state index is 0.746. The highest BCUT2D eigenvalue weighted by Gasteiger charge is 2.08. The lowest BCUT2D eigenvalue weighted by atomic mass is 10.2. The fourth-order valence-electron chi connectivity index (χ4n) is 2.44. The molecule has 7 heteroatoms. The second-order valence-electron chi connectivity index (χ2n) is 5.06. The van der Waals surface area contributed by atoms with Crippen LogP contribution in [0.2, 0.25) is 0 Å². The fourth-order valence-corrected chi connectivity index (χ4v) is 2.44. The van der Waals surface area contributed by atoms with E-state index >= 15 is 0 Å². The molecule has 0 amide bonds. The van der Waals surface area contributed by atoms with Crippen molar-refractivity contribution in [2.24, 2.45) is 0 Å². The van der Waals surface area contributed by atoms with Crippen LogP contribution in [0.5, 0.6) is 0 Å². The van der Waals surface area contributed by atoms with E-state index in [-0.39, 0.29) is 0 Å². The summed E-state index contributed by atoms with van der Waals surface area (Å²) in [7, 11) is 0. The lowest BCUT2D eigenvalue weighted by Crippen LogP contribution is -2.13. The predicted molar refractivity (Wildman–Crippen MR) is 86.9 cm³/mol. The predicted octanol–water partition coefficient (Wildman–Crippen LogP) is 2.10. The van der Waals surface area contributed by atoms with Crippen molar-refractivity contribution in [3.63, 3.8) is 0 Å². The number of nitrogens with one attached hydrogen (secondary N) is 1. The van der Waals surface area contributed by atoms with Gasteiger partial charge in [0.2, 0.25) is 0 Å². The van der Waals surface area contributed by atoms with Crippen LogP contribution in [0.3, 0.4) is 0 Å². The molecule has 0 aromatic carbocycles. The number of nitrogens with zero attached hydrogens (tertiary/aromatic N) is 6. The van der Waals surface area contributed by atoms with Crippen LogP contribution in [-0.2, 0) is 6.54 Å². The number of aromatic nitrogens is 6. The Kier molecular flexibility index (Phi) is 3.44. The summed E-state index contributed by atoms with van der Waals surface area (Å²) >= 11 is 0. The SMILES string of the molecule is c1cnn(CCNc2cc(-c3ccncc3)nc3ccnn23)c1. The van der Waals surface area contributed by atoms with Crippen LogP contribution in [0.4, 0.5) is 5.82 Å². The van der Waals surface area contributed by atoms with Gasteiger partial charge >= 0.3 is 0 Å². The second-order valence-corrected chi connectivity index (χ2v) is 5.06. The lowest BCUT2D eigenvalue weighted by molar-refractivity contribution is 0.636. The topological polar surface area (TPSA) is 72.9 Å². The molecule has 4 aromatic heterocycles. The van der Waals surface area contributed by atoms with Crippen molar-refractivity contribution in [3.05, 3.63) is 61.3 Å². The van der Waals surface area contributed by atoms with Gasteiger partial charge in [-0.15, -0.1) is 0 Å². The van der Waals surface area contributed by atoms with E-state index in [1.807, 2.05) is 41.2 Å². The van der Waals surface area contributed by atoms with Gasteiger partial charge in [0.15, 0.2) is 5.65 Å². The summed E-state index contributed by atoms with van der Waals surface area (Å²) in [6.45, 7) is 1.53. The third-order valence-corrected chi connectivity index (χ3v) is 3.54. The van der Waals surface area contributed by atoms with Crippen LogP contribution in [0.15, 0.2) is 61.3 Å². The summed E-state index contributed by atoms with van der Waals surface area (Å²) in [6.07, 6.45) is 9.00. The summed E-state index contributed by atoms with van der Waals surface area (Å²) in [5.41, 5.74) is 2.72. The van der Waals surface area contributed by atoms with Crippen molar-refractivity contribution < 1.29 is 0 Å². The summed E-state index contributed by atoms with van der Waals surface area (Å²) in [4.78, 5) is 8.69. The Labute approximate surface area is 132 Å². The van der Waals surface area contributed by atoms with Gasteiger partial charge in [-0.1, -0.05) is 0 Å². The molecule has 0 aliphatic rings. The zero-order chi connectivity index (χ0) is 15.5. The Bertz CT molecular complexity index is 897. The first-order chi connectivity index (χ1) is 11.4. The van der Waals surface area contributed by atoms with Crippen molar-refractivity contribution in [3.8, 4) is 11.3 Å². The van der Waals surface area contributed by atoms with Gasteiger partial charge in [-0.05, 0) is 18.2 Å². The molecule has 114 valence electrons. The second kappa shape index (κ2) is 5.88. The van der Waals surface area contributed by atoms with Crippen LogP contribution in [0, 0.1) is 0 Å². The van der Waals surface area contributed by atoms with E-state index in [1.54, 1.807) is 29.3 Å². The maximum Gasteiger partial charge on any atom is 0.157 e. The standard InChI is InChI=1S/C16H15N7/c1-5-19-22(10-1)11-9-18-16-12-14(13-2-6-17-7-3-13)21-15-4-8-20-23(15)16/h1-8,10,12,18H,9,11H2. The number of hydrogen-bond donors (Lipinski definition) is 1. The highest BCUT2D eigenvalue weighted by molar-refractivity contribution is 5.65. The monoisotopic (exact) mass is 305 g/mol. The van der Waals surface area contributed by atoms with E-state index < -0.39 is 0 Å². The maximum absolute atomic E-state index is 4.64. The first kappa shape index (κ1) is 13.4. The summed E-state index contributed by atoms with van der Waals surface area (Å²) < 4.78 is 3.69. The Morgan fingerprint density at radius 3 is 2.74 bits per heavy atom. The number of pyridine rings is 1.